The number of likely N-dealkylation sites (N-methyl/N-ethyl adjacent to an activating group) is 1. The van der Waals surface area contributed by atoms with Gasteiger partial charge in [0.05, 0.1) is 5.56 Å². The summed E-state index contributed by atoms with van der Waals surface area (Å²) in [6.45, 7) is 6.19. The Morgan fingerprint density at radius 2 is 2.21 bits per heavy atom. The number of hydrogen-bond acceptors (Lipinski definition) is 2. The number of amides is 2. The van der Waals surface area contributed by atoms with Gasteiger partial charge in [0.25, 0.3) is 0 Å². The molecule has 1 aromatic rings. The van der Waals surface area contributed by atoms with Crippen molar-refractivity contribution in [2.75, 3.05) is 18.4 Å². The van der Waals surface area contributed by atoms with Crippen molar-refractivity contribution >= 4 is 17.7 Å². The van der Waals surface area contributed by atoms with Gasteiger partial charge < -0.3 is 15.3 Å². The lowest BCUT2D eigenvalue weighted by Gasteiger charge is -2.19. The second-order valence-corrected chi connectivity index (χ2v) is 3.76. The van der Waals surface area contributed by atoms with Gasteiger partial charge in [0.1, 0.15) is 5.82 Å². The van der Waals surface area contributed by atoms with E-state index in [1.807, 2.05) is 0 Å². The monoisotopic (exact) mass is 266 g/mol. The number of hydrogen-bond donors (Lipinski definition) is 2. The van der Waals surface area contributed by atoms with Crippen molar-refractivity contribution < 1.29 is 19.1 Å². The van der Waals surface area contributed by atoms with Crippen LogP contribution in [0.2, 0.25) is 0 Å². The fourth-order valence-corrected chi connectivity index (χ4v) is 1.48. The van der Waals surface area contributed by atoms with Crippen LogP contribution in [0.4, 0.5) is 14.9 Å². The summed E-state index contributed by atoms with van der Waals surface area (Å²) in [5.74, 6) is -2.24. The summed E-state index contributed by atoms with van der Waals surface area (Å²) >= 11 is 0. The fraction of sp³-hybridized carbons (Fsp3) is 0.231. The second-order valence-electron chi connectivity index (χ2n) is 3.76. The Labute approximate surface area is 110 Å². The molecule has 0 spiro atoms. The van der Waals surface area contributed by atoms with E-state index in [0.29, 0.717) is 13.1 Å². The SMILES string of the molecule is C=CCN(CC)C(=O)Nc1ccc(C(=O)O)c(F)c1. The van der Waals surface area contributed by atoms with E-state index in [-0.39, 0.29) is 5.69 Å². The van der Waals surface area contributed by atoms with E-state index in [4.69, 9.17) is 5.11 Å². The van der Waals surface area contributed by atoms with Gasteiger partial charge in [0.15, 0.2) is 0 Å². The van der Waals surface area contributed by atoms with Crippen LogP contribution >= 0.6 is 0 Å². The average Bonchev–Trinajstić information content (AvgIpc) is 2.35. The first-order valence-electron chi connectivity index (χ1n) is 5.69. The zero-order chi connectivity index (χ0) is 14.4. The lowest BCUT2D eigenvalue weighted by atomic mass is 10.2. The number of halogens is 1. The van der Waals surface area contributed by atoms with Gasteiger partial charge in [-0.25, -0.2) is 14.0 Å². The van der Waals surface area contributed by atoms with Crippen molar-refractivity contribution in [1.82, 2.24) is 4.90 Å². The Hall–Kier alpha value is -2.37. The maximum atomic E-state index is 13.4. The Morgan fingerprint density at radius 1 is 1.53 bits per heavy atom. The highest BCUT2D eigenvalue weighted by atomic mass is 19.1. The molecule has 0 aliphatic rings. The van der Waals surface area contributed by atoms with Crippen LogP contribution in [0.3, 0.4) is 0 Å². The predicted molar refractivity (Wildman–Crippen MR) is 69.8 cm³/mol. The molecular formula is C13H15FN2O3. The van der Waals surface area contributed by atoms with Gasteiger partial charge in [0, 0.05) is 18.8 Å². The Morgan fingerprint density at radius 3 is 2.68 bits per heavy atom. The summed E-state index contributed by atoms with van der Waals surface area (Å²) in [5, 5.41) is 11.2. The van der Waals surface area contributed by atoms with E-state index in [0.717, 1.165) is 12.1 Å². The normalized spacial score (nSPS) is 9.79. The third kappa shape index (κ3) is 3.80. The third-order valence-corrected chi connectivity index (χ3v) is 2.47. The molecule has 2 N–H and O–H groups in total. The number of benzene rings is 1. The molecule has 0 saturated heterocycles. The van der Waals surface area contributed by atoms with Crippen LogP contribution in [0.15, 0.2) is 30.9 Å². The van der Waals surface area contributed by atoms with Gasteiger partial charge in [-0.2, -0.15) is 0 Å². The van der Waals surface area contributed by atoms with Gasteiger partial charge in [-0.1, -0.05) is 6.08 Å². The van der Waals surface area contributed by atoms with Crippen LogP contribution < -0.4 is 5.32 Å². The molecule has 0 fully saturated rings. The minimum absolute atomic E-state index is 0.204. The molecule has 19 heavy (non-hydrogen) atoms. The minimum Gasteiger partial charge on any atom is -0.478 e. The molecule has 5 nitrogen and oxygen atoms in total. The molecule has 0 heterocycles. The molecule has 0 unspecified atom stereocenters. The number of aromatic carboxylic acids is 1. The lowest BCUT2D eigenvalue weighted by molar-refractivity contribution is 0.0692. The van der Waals surface area contributed by atoms with E-state index in [9.17, 15) is 14.0 Å². The molecule has 0 bridgehead atoms. The topological polar surface area (TPSA) is 69.6 Å². The number of urea groups is 1. The minimum atomic E-state index is -1.35. The zero-order valence-corrected chi connectivity index (χ0v) is 10.5. The number of rotatable bonds is 5. The molecule has 0 aromatic heterocycles. The number of carbonyl (C=O) groups excluding carboxylic acids is 1. The van der Waals surface area contributed by atoms with E-state index in [1.165, 1.54) is 11.0 Å². The van der Waals surface area contributed by atoms with Crippen LogP contribution in [0.1, 0.15) is 17.3 Å². The highest BCUT2D eigenvalue weighted by Gasteiger charge is 2.13. The molecule has 1 aromatic carbocycles. The standard InChI is InChI=1S/C13H15FN2O3/c1-3-7-16(4-2)13(19)15-9-5-6-10(12(17)18)11(14)8-9/h3,5-6,8H,1,4,7H2,2H3,(H,15,19)(H,17,18). The Balaban J connectivity index is 2.82. The van der Waals surface area contributed by atoms with Gasteiger partial charge in [-0.05, 0) is 25.1 Å². The first-order valence-corrected chi connectivity index (χ1v) is 5.69. The molecule has 0 atom stereocenters. The molecule has 0 aliphatic carbocycles. The smallest absolute Gasteiger partial charge is 0.338 e. The number of anilines is 1. The van der Waals surface area contributed by atoms with Crippen LogP contribution in [-0.4, -0.2) is 35.1 Å². The van der Waals surface area contributed by atoms with Crippen molar-refractivity contribution in [2.24, 2.45) is 0 Å². The first kappa shape index (κ1) is 14.7. The van der Waals surface area contributed by atoms with Crippen molar-refractivity contribution in [3.8, 4) is 0 Å². The molecule has 0 aliphatic heterocycles. The average molecular weight is 266 g/mol. The number of carbonyl (C=O) groups is 2. The highest BCUT2D eigenvalue weighted by Crippen LogP contribution is 2.15. The highest BCUT2D eigenvalue weighted by molar-refractivity contribution is 5.91. The van der Waals surface area contributed by atoms with E-state index in [1.54, 1.807) is 13.0 Å². The maximum absolute atomic E-state index is 13.4. The molecule has 0 saturated carbocycles. The summed E-state index contributed by atoms with van der Waals surface area (Å²) in [7, 11) is 0. The second kappa shape index (κ2) is 6.53. The lowest BCUT2D eigenvalue weighted by Crippen LogP contribution is -2.34. The summed E-state index contributed by atoms with van der Waals surface area (Å²) in [4.78, 5) is 23.9. The van der Waals surface area contributed by atoms with Crippen LogP contribution in [0.5, 0.6) is 0 Å². The molecule has 1 rings (SSSR count). The van der Waals surface area contributed by atoms with Crippen molar-refractivity contribution in [3.63, 3.8) is 0 Å². The van der Waals surface area contributed by atoms with Crippen LogP contribution in [0.25, 0.3) is 0 Å². The summed E-state index contributed by atoms with van der Waals surface area (Å²) in [6, 6.07) is 3.02. The van der Waals surface area contributed by atoms with Crippen molar-refractivity contribution in [3.05, 3.63) is 42.2 Å². The van der Waals surface area contributed by atoms with E-state index in [2.05, 4.69) is 11.9 Å². The van der Waals surface area contributed by atoms with E-state index < -0.39 is 23.4 Å². The maximum Gasteiger partial charge on any atom is 0.338 e. The van der Waals surface area contributed by atoms with Gasteiger partial charge in [0.2, 0.25) is 0 Å². The summed E-state index contributed by atoms with van der Waals surface area (Å²) in [5.41, 5.74) is -0.230. The first-order chi connectivity index (χ1) is 8.99. The van der Waals surface area contributed by atoms with Gasteiger partial charge >= 0.3 is 12.0 Å². The van der Waals surface area contributed by atoms with Gasteiger partial charge in [-0.15, -0.1) is 6.58 Å². The number of nitrogens with one attached hydrogen (secondary N) is 1. The largest absolute Gasteiger partial charge is 0.478 e. The molecular weight excluding hydrogens is 251 g/mol. The predicted octanol–water partition coefficient (Wildman–Crippen LogP) is 2.56. The third-order valence-electron chi connectivity index (χ3n) is 2.47. The van der Waals surface area contributed by atoms with Crippen LogP contribution in [0, 0.1) is 5.82 Å². The van der Waals surface area contributed by atoms with Gasteiger partial charge in [-0.3, -0.25) is 0 Å². The Bertz CT molecular complexity index is 503. The van der Waals surface area contributed by atoms with Crippen LogP contribution in [-0.2, 0) is 0 Å². The fourth-order valence-electron chi connectivity index (χ4n) is 1.48. The molecule has 0 radical (unpaired) electrons. The van der Waals surface area contributed by atoms with Crippen molar-refractivity contribution in [2.45, 2.75) is 6.92 Å². The molecule has 2 amide bonds. The summed E-state index contributed by atoms with van der Waals surface area (Å²) < 4.78 is 13.4. The number of nitrogens with zero attached hydrogens (tertiary/aromatic N) is 1. The number of carboxylic acids is 1. The quantitative estimate of drug-likeness (QED) is 0.805. The van der Waals surface area contributed by atoms with E-state index >= 15 is 0 Å². The molecule has 102 valence electrons. The summed E-state index contributed by atoms with van der Waals surface area (Å²) in [6.07, 6.45) is 1.58. The zero-order valence-electron chi connectivity index (χ0n) is 10.5. The number of carboxylic acid groups (broad SMARTS) is 1. The Kier molecular flexibility index (Phi) is 5.05. The molecule has 6 heteroatoms. The van der Waals surface area contributed by atoms with Crippen molar-refractivity contribution in [1.29, 1.82) is 0 Å².